The number of ether oxygens (including phenoxy) is 2. The van der Waals surface area contributed by atoms with Gasteiger partial charge in [-0.25, -0.2) is 0 Å². The van der Waals surface area contributed by atoms with Crippen LogP contribution >= 0.6 is 11.6 Å². The van der Waals surface area contributed by atoms with E-state index in [1.54, 1.807) is 6.07 Å². The Morgan fingerprint density at radius 3 is 3.16 bits per heavy atom. The van der Waals surface area contributed by atoms with Crippen molar-refractivity contribution in [2.75, 3.05) is 6.61 Å². The van der Waals surface area contributed by atoms with E-state index in [1.165, 1.54) is 0 Å². The van der Waals surface area contributed by atoms with Crippen molar-refractivity contribution in [3.8, 4) is 5.75 Å². The first-order valence-electron chi connectivity index (χ1n) is 6.16. The summed E-state index contributed by atoms with van der Waals surface area (Å²) in [6.45, 7) is 3.91. The zero-order chi connectivity index (χ0) is 13.2. The molecule has 19 heavy (non-hydrogen) atoms. The van der Waals surface area contributed by atoms with Gasteiger partial charge < -0.3 is 14.0 Å². The molecule has 0 spiro atoms. The van der Waals surface area contributed by atoms with Crippen LogP contribution in [0, 0.1) is 0 Å². The van der Waals surface area contributed by atoms with Crippen LogP contribution in [-0.4, -0.2) is 21.4 Å². The minimum Gasteiger partial charge on any atom is -0.483 e. The van der Waals surface area contributed by atoms with Gasteiger partial charge in [0.05, 0.1) is 6.61 Å². The summed E-state index contributed by atoms with van der Waals surface area (Å²) in [5.74, 6) is 2.39. The smallest absolute Gasteiger partial charge is 0.174 e. The minimum atomic E-state index is -0.183. The standard InChI is InChI=1S/C13H14ClN3O2/c1-9(19-11-4-2-3-10(14)7-11)13-16-15-12-8-18-6-5-17(12)13/h2-4,7,9H,5-6,8H2,1H3/t9-/m0/s1. The topological polar surface area (TPSA) is 49.2 Å². The Labute approximate surface area is 116 Å². The van der Waals surface area contributed by atoms with Crippen LogP contribution in [0.4, 0.5) is 0 Å². The van der Waals surface area contributed by atoms with Gasteiger partial charge in [-0.2, -0.15) is 0 Å². The Kier molecular flexibility index (Phi) is 3.40. The van der Waals surface area contributed by atoms with E-state index in [0.29, 0.717) is 18.2 Å². The molecule has 3 rings (SSSR count). The van der Waals surface area contributed by atoms with Gasteiger partial charge in [-0.05, 0) is 25.1 Å². The van der Waals surface area contributed by atoms with Gasteiger partial charge in [0.25, 0.3) is 0 Å². The molecule has 0 unspecified atom stereocenters. The van der Waals surface area contributed by atoms with E-state index in [2.05, 4.69) is 14.8 Å². The number of halogens is 1. The lowest BCUT2D eigenvalue weighted by Crippen LogP contribution is -2.20. The maximum Gasteiger partial charge on any atom is 0.174 e. The van der Waals surface area contributed by atoms with Crippen LogP contribution in [0.1, 0.15) is 24.7 Å². The van der Waals surface area contributed by atoms with Crippen molar-refractivity contribution >= 4 is 11.6 Å². The van der Waals surface area contributed by atoms with Crippen LogP contribution in [0.2, 0.25) is 5.02 Å². The lowest BCUT2D eigenvalue weighted by atomic mass is 10.3. The second-order valence-electron chi connectivity index (χ2n) is 4.40. The molecule has 1 aromatic carbocycles. The fourth-order valence-electron chi connectivity index (χ4n) is 2.12. The van der Waals surface area contributed by atoms with Gasteiger partial charge in [-0.1, -0.05) is 17.7 Å². The largest absolute Gasteiger partial charge is 0.483 e. The van der Waals surface area contributed by atoms with Crippen molar-refractivity contribution in [3.63, 3.8) is 0 Å². The number of hydrogen-bond donors (Lipinski definition) is 0. The lowest BCUT2D eigenvalue weighted by molar-refractivity contribution is 0.0778. The fourth-order valence-corrected chi connectivity index (χ4v) is 2.30. The number of hydrogen-bond acceptors (Lipinski definition) is 4. The summed E-state index contributed by atoms with van der Waals surface area (Å²) < 4.78 is 13.3. The SMILES string of the molecule is C[C@H](Oc1cccc(Cl)c1)c1nnc2n1CCOC2. The van der Waals surface area contributed by atoms with Gasteiger partial charge in [0.1, 0.15) is 12.4 Å². The summed E-state index contributed by atoms with van der Waals surface area (Å²) in [4.78, 5) is 0. The van der Waals surface area contributed by atoms with Crippen molar-refractivity contribution in [1.82, 2.24) is 14.8 Å². The molecular formula is C13H14ClN3O2. The highest BCUT2D eigenvalue weighted by atomic mass is 35.5. The highest BCUT2D eigenvalue weighted by Gasteiger charge is 2.21. The molecule has 1 aliphatic rings. The van der Waals surface area contributed by atoms with Crippen molar-refractivity contribution in [1.29, 1.82) is 0 Å². The lowest BCUT2D eigenvalue weighted by Gasteiger charge is -2.19. The molecule has 2 heterocycles. The van der Waals surface area contributed by atoms with E-state index in [-0.39, 0.29) is 6.10 Å². The van der Waals surface area contributed by atoms with Gasteiger partial charge in [-0.15, -0.1) is 10.2 Å². The molecule has 0 N–H and O–H groups in total. The summed E-state index contributed by atoms with van der Waals surface area (Å²) in [5, 5.41) is 8.96. The van der Waals surface area contributed by atoms with Crippen LogP contribution in [0.15, 0.2) is 24.3 Å². The molecule has 0 aliphatic carbocycles. The zero-order valence-corrected chi connectivity index (χ0v) is 11.3. The molecule has 0 saturated heterocycles. The first kappa shape index (κ1) is 12.4. The Balaban J connectivity index is 1.80. The highest BCUT2D eigenvalue weighted by molar-refractivity contribution is 6.30. The van der Waals surface area contributed by atoms with E-state index in [1.807, 2.05) is 25.1 Å². The number of fused-ring (bicyclic) bond motifs is 1. The summed E-state index contributed by atoms with van der Waals surface area (Å²) >= 11 is 5.94. The average Bonchev–Trinajstić information content (AvgIpc) is 2.82. The number of benzene rings is 1. The third-order valence-corrected chi connectivity index (χ3v) is 3.25. The maximum absolute atomic E-state index is 5.94. The monoisotopic (exact) mass is 279 g/mol. The quantitative estimate of drug-likeness (QED) is 0.866. The van der Waals surface area contributed by atoms with Gasteiger partial charge in [0, 0.05) is 11.6 Å². The Hall–Kier alpha value is -1.59. The van der Waals surface area contributed by atoms with Crippen LogP contribution < -0.4 is 4.74 Å². The van der Waals surface area contributed by atoms with Crippen LogP contribution in [0.25, 0.3) is 0 Å². The Morgan fingerprint density at radius 1 is 1.42 bits per heavy atom. The molecule has 6 heteroatoms. The second kappa shape index (κ2) is 5.19. The molecule has 0 bridgehead atoms. The van der Waals surface area contributed by atoms with E-state index in [0.717, 1.165) is 23.9 Å². The van der Waals surface area contributed by atoms with Crippen LogP contribution in [0.3, 0.4) is 0 Å². The number of rotatable bonds is 3. The molecule has 0 fully saturated rings. The molecule has 0 radical (unpaired) electrons. The summed E-state index contributed by atoms with van der Waals surface area (Å²) in [7, 11) is 0. The summed E-state index contributed by atoms with van der Waals surface area (Å²) in [5.41, 5.74) is 0. The van der Waals surface area contributed by atoms with Crippen LogP contribution in [-0.2, 0) is 17.9 Å². The van der Waals surface area contributed by atoms with E-state index in [9.17, 15) is 0 Å². The molecule has 100 valence electrons. The fraction of sp³-hybridized carbons (Fsp3) is 0.385. The highest BCUT2D eigenvalue weighted by Crippen LogP contribution is 2.24. The van der Waals surface area contributed by atoms with E-state index >= 15 is 0 Å². The summed E-state index contributed by atoms with van der Waals surface area (Å²) in [6.07, 6.45) is -0.183. The van der Waals surface area contributed by atoms with Gasteiger partial charge in [0.2, 0.25) is 0 Å². The zero-order valence-electron chi connectivity index (χ0n) is 10.5. The molecular weight excluding hydrogens is 266 g/mol. The first-order chi connectivity index (χ1) is 9.24. The molecule has 2 aromatic rings. The van der Waals surface area contributed by atoms with E-state index in [4.69, 9.17) is 21.1 Å². The molecule has 1 atom stereocenters. The third kappa shape index (κ3) is 2.57. The van der Waals surface area contributed by atoms with E-state index < -0.39 is 0 Å². The van der Waals surface area contributed by atoms with Gasteiger partial charge >= 0.3 is 0 Å². The van der Waals surface area contributed by atoms with Crippen molar-refractivity contribution in [3.05, 3.63) is 40.9 Å². The Morgan fingerprint density at radius 2 is 2.32 bits per heavy atom. The minimum absolute atomic E-state index is 0.183. The first-order valence-corrected chi connectivity index (χ1v) is 6.54. The van der Waals surface area contributed by atoms with Crippen molar-refractivity contribution in [2.24, 2.45) is 0 Å². The molecule has 5 nitrogen and oxygen atoms in total. The Bertz CT molecular complexity index is 585. The third-order valence-electron chi connectivity index (χ3n) is 3.02. The molecule has 1 aromatic heterocycles. The number of aromatic nitrogens is 3. The maximum atomic E-state index is 5.94. The predicted molar refractivity (Wildman–Crippen MR) is 70.2 cm³/mol. The molecule has 0 amide bonds. The van der Waals surface area contributed by atoms with Gasteiger partial charge in [0.15, 0.2) is 17.8 Å². The normalized spacial score (nSPS) is 15.9. The summed E-state index contributed by atoms with van der Waals surface area (Å²) in [6, 6.07) is 7.33. The molecule has 0 saturated carbocycles. The van der Waals surface area contributed by atoms with Crippen molar-refractivity contribution in [2.45, 2.75) is 26.2 Å². The average molecular weight is 280 g/mol. The predicted octanol–water partition coefficient (Wildman–Crippen LogP) is 2.60. The number of nitrogens with zero attached hydrogens (tertiary/aromatic N) is 3. The van der Waals surface area contributed by atoms with Crippen molar-refractivity contribution < 1.29 is 9.47 Å². The molecule has 1 aliphatic heterocycles. The second-order valence-corrected chi connectivity index (χ2v) is 4.83. The van der Waals surface area contributed by atoms with Gasteiger partial charge in [-0.3, -0.25) is 0 Å². The van der Waals surface area contributed by atoms with Crippen LogP contribution in [0.5, 0.6) is 5.75 Å².